The van der Waals surface area contributed by atoms with E-state index in [9.17, 15) is 0 Å². The standard InChI is InChI=1S/C44H56N2/c1-9-13-31(3)25-37(14-10-2)45(38-17-11-15-32(4)26-38)41-21-23-43(35(7)29-41)44-24-22-42(30-36(44)8)46(40-20-19-34(6)28-40)39-18-12-16-33(5)27-39/h11-12,14-18,20-24,26-27,29,31,36,40,42,44H,9-10,13,25,28,30H2,1-8H3/b37-14+. The third-order valence-corrected chi connectivity index (χ3v) is 10.0. The average molecular weight is 613 g/mol. The first-order valence-corrected chi connectivity index (χ1v) is 17.8. The Hall–Kier alpha value is -3.74. The maximum absolute atomic E-state index is 3.51. The van der Waals surface area contributed by atoms with Gasteiger partial charge in [0, 0.05) is 41.1 Å². The van der Waals surface area contributed by atoms with E-state index >= 15 is 0 Å². The molecule has 242 valence electrons. The average Bonchev–Trinajstić information content (AvgIpc) is 3.43. The van der Waals surface area contributed by atoms with Gasteiger partial charge in [-0.2, -0.15) is 0 Å². The largest absolute Gasteiger partial charge is 0.358 e. The van der Waals surface area contributed by atoms with Crippen molar-refractivity contribution >= 4 is 17.1 Å². The molecule has 0 radical (unpaired) electrons. The van der Waals surface area contributed by atoms with Crippen molar-refractivity contribution in [2.24, 2.45) is 11.8 Å². The summed E-state index contributed by atoms with van der Waals surface area (Å²) in [6.07, 6.45) is 16.5. The summed E-state index contributed by atoms with van der Waals surface area (Å²) in [6, 6.07) is 26.0. The predicted molar refractivity (Wildman–Crippen MR) is 200 cm³/mol. The van der Waals surface area contributed by atoms with E-state index in [1.54, 1.807) is 0 Å². The van der Waals surface area contributed by atoms with Gasteiger partial charge in [0.25, 0.3) is 0 Å². The molecule has 3 aromatic carbocycles. The van der Waals surface area contributed by atoms with Crippen LogP contribution < -0.4 is 9.80 Å². The second kappa shape index (κ2) is 15.2. The van der Waals surface area contributed by atoms with Gasteiger partial charge in [-0.3, -0.25) is 0 Å². The molecule has 5 unspecified atom stereocenters. The Morgan fingerprint density at radius 1 is 0.870 bits per heavy atom. The molecule has 2 aliphatic carbocycles. The van der Waals surface area contributed by atoms with Gasteiger partial charge in [0.2, 0.25) is 0 Å². The van der Waals surface area contributed by atoms with Gasteiger partial charge in [0.15, 0.2) is 0 Å². The normalized spacial score (nSPS) is 21.7. The lowest BCUT2D eigenvalue weighted by Gasteiger charge is -2.41. The van der Waals surface area contributed by atoms with Gasteiger partial charge < -0.3 is 9.80 Å². The van der Waals surface area contributed by atoms with Crippen molar-refractivity contribution in [3.05, 3.63) is 130 Å². The Morgan fingerprint density at radius 3 is 2.17 bits per heavy atom. The van der Waals surface area contributed by atoms with Gasteiger partial charge in [-0.25, -0.2) is 0 Å². The number of anilines is 3. The summed E-state index contributed by atoms with van der Waals surface area (Å²) in [7, 11) is 0. The topological polar surface area (TPSA) is 6.48 Å². The second-order valence-electron chi connectivity index (χ2n) is 14.2. The SMILES string of the molecule is CC/C=C(\CC(C)CCC)N(c1cccc(C)c1)c1ccc(C2C=CC(N(c3cccc(C)c3)C3C=C=C(C)C3)CC2C)c(C)c1. The Labute approximate surface area is 280 Å². The zero-order chi connectivity index (χ0) is 32.8. The van der Waals surface area contributed by atoms with Crippen molar-refractivity contribution in [1.82, 2.24) is 0 Å². The number of hydrogen-bond donors (Lipinski definition) is 0. The molecule has 2 aliphatic rings. The minimum atomic E-state index is 0.360. The molecule has 0 amide bonds. The molecule has 0 saturated heterocycles. The maximum atomic E-state index is 3.51. The molecule has 0 N–H and O–H groups in total. The monoisotopic (exact) mass is 612 g/mol. The van der Waals surface area contributed by atoms with Crippen LogP contribution >= 0.6 is 0 Å². The Kier molecular flexibility index (Phi) is 11.1. The Balaban J connectivity index is 1.46. The van der Waals surface area contributed by atoms with Crippen molar-refractivity contribution in [1.29, 1.82) is 0 Å². The molecular formula is C44H56N2. The number of rotatable bonds is 12. The van der Waals surface area contributed by atoms with E-state index in [0.29, 0.717) is 29.8 Å². The summed E-state index contributed by atoms with van der Waals surface area (Å²) in [6.45, 7) is 18.3. The van der Waals surface area contributed by atoms with Gasteiger partial charge in [0.05, 0.1) is 6.04 Å². The number of aryl methyl sites for hydroxylation is 3. The lowest BCUT2D eigenvalue weighted by molar-refractivity contribution is 0.414. The molecule has 2 heteroatoms. The molecule has 0 aliphatic heterocycles. The molecule has 5 atom stereocenters. The van der Waals surface area contributed by atoms with Crippen molar-refractivity contribution in [2.45, 2.75) is 112 Å². The zero-order valence-electron chi connectivity index (χ0n) is 29.7. The van der Waals surface area contributed by atoms with Gasteiger partial charge in [-0.05, 0) is 129 Å². The first kappa shape index (κ1) is 33.6. The van der Waals surface area contributed by atoms with E-state index in [1.807, 2.05) is 0 Å². The maximum Gasteiger partial charge on any atom is 0.0596 e. The lowest BCUT2D eigenvalue weighted by Crippen LogP contribution is -2.43. The van der Waals surface area contributed by atoms with Crippen molar-refractivity contribution in [3.63, 3.8) is 0 Å². The molecule has 0 fully saturated rings. The minimum Gasteiger partial charge on any atom is -0.358 e. The van der Waals surface area contributed by atoms with Gasteiger partial charge in [-0.15, -0.1) is 5.73 Å². The highest BCUT2D eigenvalue weighted by molar-refractivity contribution is 5.70. The van der Waals surface area contributed by atoms with Crippen LogP contribution in [0.5, 0.6) is 0 Å². The quantitative estimate of drug-likeness (QED) is 0.148. The molecule has 5 rings (SSSR count). The first-order valence-electron chi connectivity index (χ1n) is 17.8. The van der Waals surface area contributed by atoms with Gasteiger partial charge >= 0.3 is 0 Å². The van der Waals surface area contributed by atoms with Crippen LogP contribution in [0.3, 0.4) is 0 Å². The fourth-order valence-electron chi connectivity index (χ4n) is 7.80. The van der Waals surface area contributed by atoms with Crippen LogP contribution in [0, 0.1) is 32.6 Å². The molecule has 2 nitrogen and oxygen atoms in total. The molecule has 0 aromatic heterocycles. The third kappa shape index (κ3) is 7.79. The van der Waals surface area contributed by atoms with Crippen molar-refractivity contribution in [3.8, 4) is 0 Å². The van der Waals surface area contributed by atoms with E-state index in [2.05, 4.69) is 162 Å². The van der Waals surface area contributed by atoms with Gasteiger partial charge in [0.1, 0.15) is 0 Å². The third-order valence-electron chi connectivity index (χ3n) is 10.0. The molecular weight excluding hydrogens is 556 g/mol. The van der Waals surface area contributed by atoms with E-state index in [-0.39, 0.29) is 0 Å². The minimum absolute atomic E-state index is 0.360. The van der Waals surface area contributed by atoms with Crippen LogP contribution in [-0.4, -0.2) is 12.1 Å². The molecule has 0 bridgehead atoms. The molecule has 0 heterocycles. The molecule has 0 saturated carbocycles. The van der Waals surface area contributed by atoms with E-state index in [4.69, 9.17) is 0 Å². The highest BCUT2D eigenvalue weighted by Crippen LogP contribution is 2.41. The summed E-state index contributed by atoms with van der Waals surface area (Å²) >= 11 is 0. The highest BCUT2D eigenvalue weighted by atomic mass is 15.2. The Morgan fingerprint density at radius 2 is 1.57 bits per heavy atom. The van der Waals surface area contributed by atoms with Crippen LogP contribution in [0.15, 0.2) is 108 Å². The molecule has 0 spiro atoms. The van der Waals surface area contributed by atoms with Crippen LogP contribution in [0.1, 0.15) is 101 Å². The van der Waals surface area contributed by atoms with Crippen LogP contribution in [0.25, 0.3) is 0 Å². The number of hydrogen-bond acceptors (Lipinski definition) is 2. The summed E-state index contributed by atoms with van der Waals surface area (Å²) in [5.41, 5.74) is 15.5. The van der Waals surface area contributed by atoms with Crippen LogP contribution in [-0.2, 0) is 0 Å². The molecule has 3 aromatic rings. The van der Waals surface area contributed by atoms with Gasteiger partial charge in [-0.1, -0.05) is 89.1 Å². The summed E-state index contributed by atoms with van der Waals surface area (Å²) in [4.78, 5) is 5.18. The number of nitrogens with zero attached hydrogens (tertiary/aromatic N) is 2. The van der Waals surface area contributed by atoms with Crippen molar-refractivity contribution in [2.75, 3.05) is 9.80 Å². The summed E-state index contributed by atoms with van der Waals surface area (Å²) in [5, 5.41) is 0. The summed E-state index contributed by atoms with van der Waals surface area (Å²) in [5.74, 6) is 1.59. The summed E-state index contributed by atoms with van der Waals surface area (Å²) < 4.78 is 0. The second-order valence-corrected chi connectivity index (χ2v) is 14.2. The Bertz CT molecular complexity index is 1620. The lowest BCUT2D eigenvalue weighted by atomic mass is 9.77. The highest BCUT2D eigenvalue weighted by Gasteiger charge is 2.32. The fourth-order valence-corrected chi connectivity index (χ4v) is 7.80. The first-order chi connectivity index (χ1) is 22.2. The van der Waals surface area contributed by atoms with E-state index in [1.165, 1.54) is 63.4 Å². The van der Waals surface area contributed by atoms with Crippen LogP contribution in [0.2, 0.25) is 0 Å². The van der Waals surface area contributed by atoms with Crippen molar-refractivity contribution < 1.29 is 0 Å². The number of allylic oxidation sites excluding steroid dienone is 3. The predicted octanol–water partition coefficient (Wildman–Crippen LogP) is 12.3. The number of benzene rings is 3. The zero-order valence-corrected chi connectivity index (χ0v) is 29.7. The molecule has 46 heavy (non-hydrogen) atoms. The smallest absolute Gasteiger partial charge is 0.0596 e. The van der Waals surface area contributed by atoms with Crippen LogP contribution in [0.4, 0.5) is 17.1 Å². The fraction of sp³-hybridized carbons (Fsp3) is 0.432. The van der Waals surface area contributed by atoms with E-state index in [0.717, 1.165) is 25.7 Å². The van der Waals surface area contributed by atoms with E-state index < -0.39 is 0 Å².